The maximum Gasteiger partial charge on any atom is 0.265 e. The second-order valence-corrected chi connectivity index (χ2v) is 5.11. The third-order valence-corrected chi connectivity index (χ3v) is 3.43. The van der Waals surface area contributed by atoms with Gasteiger partial charge in [0.2, 0.25) is 0 Å². The van der Waals surface area contributed by atoms with E-state index in [-0.39, 0.29) is 11.5 Å². The first-order chi connectivity index (χ1) is 11.0. The summed E-state index contributed by atoms with van der Waals surface area (Å²) in [5, 5.41) is 4.87. The van der Waals surface area contributed by atoms with Crippen LogP contribution in [0.3, 0.4) is 0 Å². The fraction of sp³-hybridized carbons (Fsp3) is 0.118. The number of ether oxygens (including phenoxy) is 1. The highest BCUT2D eigenvalue weighted by Crippen LogP contribution is 2.20. The van der Waals surface area contributed by atoms with Gasteiger partial charge in [0.1, 0.15) is 5.75 Å². The predicted octanol–water partition coefficient (Wildman–Crippen LogP) is 1.98. The number of carbonyl (C=O) groups is 3. The van der Waals surface area contributed by atoms with Crippen LogP contribution < -0.4 is 15.4 Å². The predicted molar refractivity (Wildman–Crippen MR) is 83.4 cm³/mol. The smallest absolute Gasteiger partial charge is 0.265 e. The number of amides is 3. The molecule has 116 valence electrons. The zero-order chi connectivity index (χ0) is 16.4. The normalized spacial score (nSPS) is 14.0. The molecule has 2 aromatic carbocycles. The van der Waals surface area contributed by atoms with Gasteiger partial charge in [0.25, 0.3) is 17.7 Å². The molecule has 2 N–H and O–H groups in total. The molecule has 3 amide bonds. The fourth-order valence-corrected chi connectivity index (χ4v) is 2.25. The van der Waals surface area contributed by atoms with E-state index in [1.807, 2.05) is 18.2 Å². The molecular weight excluding hydrogens is 296 g/mol. The van der Waals surface area contributed by atoms with Crippen LogP contribution in [0.5, 0.6) is 5.75 Å². The summed E-state index contributed by atoms with van der Waals surface area (Å²) in [5.41, 5.74) is 0.994. The van der Waals surface area contributed by atoms with E-state index in [1.165, 1.54) is 12.1 Å². The Labute approximate surface area is 132 Å². The van der Waals surface area contributed by atoms with Crippen molar-refractivity contribution in [2.45, 2.75) is 13.0 Å². The minimum atomic E-state index is -0.707. The van der Waals surface area contributed by atoms with Crippen LogP contribution in [0.15, 0.2) is 48.5 Å². The Hall–Kier alpha value is -3.15. The zero-order valence-electron chi connectivity index (χ0n) is 12.3. The summed E-state index contributed by atoms with van der Waals surface area (Å²) in [6, 6.07) is 13.6. The number of anilines is 1. The second kappa shape index (κ2) is 5.92. The largest absolute Gasteiger partial charge is 0.481 e. The van der Waals surface area contributed by atoms with E-state index in [0.29, 0.717) is 17.0 Å². The quantitative estimate of drug-likeness (QED) is 0.846. The first-order valence-electron chi connectivity index (χ1n) is 7.07. The number of imide groups is 1. The molecule has 0 bridgehead atoms. The van der Waals surface area contributed by atoms with Crippen molar-refractivity contribution in [2.24, 2.45) is 0 Å². The third kappa shape index (κ3) is 3.06. The Morgan fingerprint density at radius 2 is 1.74 bits per heavy atom. The molecule has 2 aromatic rings. The van der Waals surface area contributed by atoms with Crippen LogP contribution in [0.1, 0.15) is 27.6 Å². The molecule has 1 atom stereocenters. The minimum absolute atomic E-state index is 0.254. The molecular formula is C17H14N2O4. The van der Waals surface area contributed by atoms with E-state index in [2.05, 4.69) is 10.6 Å². The minimum Gasteiger partial charge on any atom is -0.481 e. The number of fused-ring (bicyclic) bond motifs is 1. The average molecular weight is 310 g/mol. The number of benzene rings is 2. The number of rotatable bonds is 4. The van der Waals surface area contributed by atoms with Crippen molar-refractivity contribution in [3.63, 3.8) is 0 Å². The third-order valence-electron chi connectivity index (χ3n) is 3.43. The summed E-state index contributed by atoms with van der Waals surface area (Å²) in [4.78, 5) is 35.3. The summed E-state index contributed by atoms with van der Waals surface area (Å²) in [6.45, 7) is 1.63. The highest BCUT2D eigenvalue weighted by molar-refractivity contribution is 6.22. The van der Waals surface area contributed by atoms with Crippen molar-refractivity contribution < 1.29 is 19.1 Å². The van der Waals surface area contributed by atoms with E-state index in [4.69, 9.17) is 4.74 Å². The number of para-hydroxylation sites is 1. The van der Waals surface area contributed by atoms with Gasteiger partial charge in [-0.25, -0.2) is 0 Å². The van der Waals surface area contributed by atoms with Crippen molar-refractivity contribution in [1.29, 1.82) is 0 Å². The molecule has 1 heterocycles. The molecule has 6 nitrogen and oxygen atoms in total. The van der Waals surface area contributed by atoms with Gasteiger partial charge in [0, 0.05) is 5.69 Å². The maximum atomic E-state index is 12.2. The lowest BCUT2D eigenvalue weighted by molar-refractivity contribution is -0.122. The summed E-state index contributed by atoms with van der Waals surface area (Å²) >= 11 is 0. The van der Waals surface area contributed by atoms with E-state index in [0.717, 1.165) is 0 Å². The lowest BCUT2D eigenvalue weighted by Crippen LogP contribution is -2.30. The van der Waals surface area contributed by atoms with Crippen LogP contribution in [-0.2, 0) is 4.79 Å². The van der Waals surface area contributed by atoms with Crippen molar-refractivity contribution in [3.05, 3.63) is 59.7 Å². The number of hydrogen-bond donors (Lipinski definition) is 2. The fourth-order valence-electron chi connectivity index (χ4n) is 2.25. The SMILES string of the molecule is CC(Oc1ccccc1)C(=O)Nc1ccc2c(c1)C(=O)NC2=O. The Bertz CT molecular complexity index is 786. The van der Waals surface area contributed by atoms with E-state index in [1.54, 1.807) is 25.1 Å². The van der Waals surface area contributed by atoms with Gasteiger partial charge in [-0.3, -0.25) is 19.7 Å². The van der Waals surface area contributed by atoms with E-state index < -0.39 is 17.9 Å². The van der Waals surface area contributed by atoms with Gasteiger partial charge < -0.3 is 10.1 Å². The monoisotopic (exact) mass is 310 g/mol. The van der Waals surface area contributed by atoms with Crippen LogP contribution in [-0.4, -0.2) is 23.8 Å². The first-order valence-corrected chi connectivity index (χ1v) is 7.07. The molecule has 0 saturated carbocycles. The van der Waals surface area contributed by atoms with Crippen molar-refractivity contribution in [2.75, 3.05) is 5.32 Å². The van der Waals surface area contributed by atoms with E-state index in [9.17, 15) is 14.4 Å². The molecule has 1 aliphatic rings. The molecule has 3 rings (SSSR count). The molecule has 0 aromatic heterocycles. The van der Waals surface area contributed by atoms with Crippen LogP contribution in [0, 0.1) is 0 Å². The Morgan fingerprint density at radius 3 is 2.48 bits per heavy atom. The van der Waals surface area contributed by atoms with Gasteiger partial charge in [-0.15, -0.1) is 0 Å². The summed E-state index contributed by atoms with van der Waals surface area (Å²) in [7, 11) is 0. The molecule has 6 heteroatoms. The Balaban J connectivity index is 1.70. The van der Waals surface area contributed by atoms with Gasteiger partial charge in [-0.05, 0) is 37.3 Å². The standard InChI is InChI=1S/C17H14N2O4/c1-10(23-12-5-3-2-4-6-12)15(20)18-11-7-8-13-14(9-11)17(22)19-16(13)21/h2-10H,1H3,(H,18,20)(H,19,21,22). The van der Waals surface area contributed by atoms with Gasteiger partial charge in [-0.2, -0.15) is 0 Å². The molecule has 0 aliphatic carbocycles. The van der Waals surface area contributed by atoms with Gasteiger partial charge in [-0.1, -0.05) is 18.2 Å². The van der Waals surface area contributed by atoms with Gasteiger partial charge >= 0.3 is 0 Å². The van der Waals surface area contributed by atoms with Crippen molar-refractivity contribution >= 4 is 23.4 Å². The molecule has 0 fully saturated rings. The molecule has 1 aliphatic heterocycles. The summed E-state index contributed by atoms with van der Waals surface area (Å²) in [6.07, 6.45) is -0.707. The Kier molecular flexibility index (Phi) is 3.80. The van der Waals surface area contributed by atoms with Crippen LogP contribution in [0.25, 0.3) is 0 Å². The van der Waals surface area contributed by atoms with Crippen molar-refractivity contribution in [1.82, 2.24) is 5.32 Å². The van der Waals surface area contributed by atoms with E-state index >= 15 is 0 Å². The number of hydrogen-bond acceptors (Lipinski definition) is 4. The average Bonchev–Trinajstić information content (AvgIpc) is 2.82. The highest BCUT2D eigenvalue weighted by atomic mass is 16.5. The number of nitrogens with one attached hydrogen (secondary N) is 2. The van der Waals surface area contributed by atoms with Gasteiger partial charge in [0.15, 0.2) is 6.10 Å². The van der Waals surface area contributed by atoms with Crippen LogP contribution >= 0.6 is 0 Å². The van der Waals surface area contributed by atoms with Crippen molar-refractivity contribution in [3.8, 4) is 5.75 Å². The van der Waals surface area contributed by atoms with Crippen LogP contribution in [0.4, 0.5) is 5.69 Å². The highest BCUT2D eigenvalue weighted by Gasteiger charge is 2.27. The van der Waals surface area contributed by atoms with Crippen LogP contribution in [0.2, 0.25) is 0 Å². The zero-order valence-corrected chi connectivity index (χ0v) is 12.3. The molecule has 23 heavy (non-hydrogen) atoms. The molecule has 0 spiro atoms. The lowest BCUT2D eigenvalue weighted by Gasteiger charge is -2.14. The lowest BCUT2D eigenvalue weighted by atomic mass is 10.1. The molecule has 0 radical (unpaired) electrons. The van der Waals surface area contributed by atoms with Gasteiger partial charge in [0.05, 0.1) is 11.1 Å². The Morgan fingerprint density at radius 1 is 1.04 bits per heavy atom. The summed E-state index contributed by atoms with van der Waals surface area (Å²) < 4.78 is 5.53. The summed E-state index contributed by atoms with van der Waals surface area (Å²) in [5.74, 6) is -0.647. The molecule has 0 saturated heterocycles. The maximum absolute atomic E-state index is 12.2. The number of carbonyl (C=O) groups excluding carboxylic acids is 3. The molecule has 1 unspecified atom stereocenters. The first kappa shape index (κ1) is 14.8. The second-order valence-electron chi connectivity index (χ2n) is 5.11. The topological polar surface area (TPSA) is 84.5 Å².